The fourth-order valence-corrected chi connectivity index (χ4v) is 4.08. The summed E-state index contributed by atoms with van der Waals surface area (Å²) in [6.07, 6.45) is 1.43. The quantitative estimate of drug-likeness (QED) is 0.819. The van der Waals surface area contributed by atoms with Gasteiger partial charge < -0.3 is 0 Å². The molecular formula is C15H18N2O2S2. The van der Waals surface area contributed by atoms with Crippen molar-refractivity contribution in [1.29, 1.82) is 0 Å². The van der Waals surface area contributed by atoms with Gasteiger partial charge in [0.2, 0.25) is 10.0 Å². The van der Waals surface area contributed by atoms with Crippen molar-refractivity contribution in [2.24, 2.45) is 0 Å². The summed E-state index contributed by atoms with van der Waals surface area (Å²) < 4.78 is 26.1. The van der Waals surface area contributed by atoms with E-state index < -0.39 is 10.0 Å². The molecule has 0 aliphatic rings. The summed E-state index contributed by atoms with van der Waals surface area (Å²) in [5.74, 6) is 0. The SMILES string of the molecule is CCN(CC)S(=O)(=O)c1ccc(Sc2ccccc2)nc1. The van der Waals surface area contributed by atoms with Gasteiger partial charge >= 0.3 is 0 Å². The molecule has 2 aromatic rings. The lowest BCUT2D eigenvalue weighted by Crippen LogP contribution is -2.30. The van der Waals surface area contributed by atoms with Crippen LogP contribution in [0.5, 0.6) is 0 Å². The molecule has 0 N–H and O–H groups in total. The third-order valence-electron chi connectivity index (χ3n) is 3.02. The van der Waals surface area contributed by atoms with E-state index in [4.69, 9.17) is 0 Å². The highest BCUT2D eigenvalue weighted by molar-refractivity contribution is 7.99. The zero-order valence-electron chi connectivity index (χ0n) is 12.1. The maximum absolute atomic E-state index is 12.3. The lowest BCUT2D eigenvalue weighted by atomic mass is 10.4. The van der Waals surface area contributed by atoms with Crippen molar-refractivity contribution in [3.05, 3.63) is 48.7 Å². The van der Waals surface area contributed by atoms with Crippen molar-refractivity contribution in [3.8, 4) is 0 Å². The Labute approximate surface area is 130 Å². The van der Waals surface area contributed by atoms with Crippen LogP contribution in [0, 0.1) is 0 Å². The molecule has 6 heteroatoms. The first-order valence-corrected chi connectivity index (χ1v) is 9.02. The van der Waals surface area contributed by atoms with Crippen LogP contribution in [0.15, 0.2) is 63.5 Å². The summed E-state index contributed by atoms with van der Waals surface area (Å²) >= 11 is 1.51. The number of sulfonamides is 1. The minimum absolute atomic E-state index is 0.239. The van der Waals surface area contributed by atoms with Gasteiger partial charge in [0.15, 0.2) is 0 Å². The molecule has 0 atom stereocenters. The summed E-state index contributed by atoms with van der Waals surface area (Å²) in [5.41, 5.74) is 0. The highest BCUT2D eigenvalue weighted by Crippen LogP contribution is 2.26. The number of benzene rings is 1. The molecular weight excluding hydrogens is 304 g/mol. The standard InChI is InChI=1S/C15H18N2O2S2/c1-3-17(4-2)21(18,19)14-10-11-15(16-12-14)20-13-8-6-5-7-9-13/h5-12H,3-4H2,1-2H3. The fraction of sp³-hybridized carbons (Fsp3) is 0.267. The lowest BCUT2D eigenvalue weighted by Gasteiger charge is -2.18. The first-order valence-electron chi connectivity index (χ1n) is 6.77. The molecule has 0 saturated carbocycles. The average molecular weight is 322 g/mol. The molecule has 0 fully saturated rings. The van der Waals surface area contributed by atoms with Crippen molar-refractivity contribution in [3.63, 3.8) is 0 Å². The third-order valence-corrected chi connectivity index (χ3v) is 6.01. The number of nitrogens with zero attached hydrogens (tertiary/aromatic N) is 2. The first kappa shape index (κ1) is 16.0. The minimum atomic E-state index is -3.43. The lowest BCUT2D eigenvalue weighted by molar-refractivity contribution is 0.445. The molecule has 21 heavy (non-hydrogen) atoms. The van der Waals surface area contributed by atoms with Gasteiger partial charge in [-0.1, -0.05) is 43.8 Å². The van der Waals surface area contributed by atoms with Gasteiger partial charge in [-0.3, -0.25) is 0 Å². The number of hydrogen-bond donors (Lipinski definition) is 0. The van der Waals surface area contributed by atoms with Crippen LogP contribution in [0.1, 0.15) is 13.8 Å². The molecule has 2 rings (SSSR count). The fourth-order valence-electron chi connectivity index (χ4n) is 1.90. The molecule has 0 unspecified atom stereocenters. The molecule has 0 aliphatic heterocycles. The molecule has 0 saturated heterocycles. The van der Waals surface area contributed by atoms with Gasteiger partial charge in [0.05, 0.1) is 0 Å². The number of rotatable bonds is 6. The topological polar surface area (TPSA) is 50.3 Å². The second kappa shape index (κ2) is 7.06. The Bertz CT molecular complexity index is 667. The van der Waals surface area contributed by atoms with Gasteiger partial charge in [-0.25, -0.2) is 13.4 Å². The Hall–Kier alpha value is -1.37. The largest absolute Gasteiger partial charge is 0.248 e. The van der Waals surface area contributed by atoms with Gasteiger partial charge in [0.25, 0.3) is 0 Å². The zero-order chi connectivity index (χ0) is 15.3. The minimum Gasteiger partial charge on any atom is -0.248 e. The number of aromatic nitrogens is 1. The van der Waals surface area contributed by atoms with Crippen LogP contribution in [0.3, 0.4) is 0 Å². The Morgan fingerprint density at radius 2 is 1.71 bits per heavy atom. The van der Waals surface area contributed by atoms with E-state index in [1.807, 2.05) is 44.2 Å². The van der Waals surface area contributed by atoms with Crippen LogP contribution in [-0.2, 0) is 10.0 Å². The van der Waals surface area contributed by atoms with E-state index in [0.717, 1.165) is 9.92 Å². The molecule has 1 aromatic carbocycles. The summed E-state index contributed by atoms with van der Waals surface area (Å²) in [5, 5.41) is 0.777. The molecule has 4 nitrogen and oxygen atoms in total. The Morgan fingerprint density at radius 3 is 2.24 bits per heavy atom. The maximum atomic E-state index is 12.3. The van der Waals surface area contributed by atoms with Crippen molar-refractivity contribution >= 4 is 21.8 Å². The van der Waals surface area contributed by atoms with Crippen LogP contribution >= 0.6 is 11.8 Å². The molecule has 1 heterocycles. The molecule has 0 aliphatic carbocycles. The molecule has 1 aromatic heterocycles. The second-order valence-corrected chi connectivity index (χ2v) is 7.37. The smallest absolute Gasteiger partial charge is 0.244 e. The Balaban J connectivity index is 2.19. The van der Waals surface area contributed by atoms with Crippen molar-refractivity contribution < 1.29 is 8.42 Å². The highest BCUT2D eigenvalue weighted by atomic mass is 32.2. The number of hydrogen-bond acceptors (Lipinski definition) is 4. The number of pyridine rings is 1. The van der Waals surface area contributed by atoms with Gasteiger partial charge in [0, 0.05) is 24.2 Å². The molecule has 0 bridgehead atoms. The van der Waals surface area contributed by atoms with E-state index in [9.17, 15) is 8.42 Å². The van der Waals surface area contributed by atoms with Gasteiger partial charge in [-0.05, 0) is 24.3 Å². The zero-order valence-corrected chi connectivity index (χ0v) is 13.7. The van der Waals surface area contributed by atoms with Crippen LogP contribution in [0.25, 0.3) is 0 Å². The van der Waals surface area contributed by atoms with E-state index in [2.05, 4.69) is 4.98 Å². The predicted octanol–water partition coefficient (Wildman–Crippen LogP) is 3.26. The van der Waals surface area contributed by atoms with Crippen LogP contribution < -0.4 is 0 Å². The van der Waals surface area contributed by atoms with Crippen molar-refractivity contribution in [2.75, 3.05) is 13.1 Å². The highest BCUT2D eigenvalue weighted by Gasteiger charge is 2.21. The second-order valence-electron chi connectivity index (χ2n) is 4.34. The first-order chi connectivity index (χ1) is 10.1. The monoisotopic (exact) mass is 322 g/mol. The Morgan fingerprint density at radius 1 is 1.05 bits per heavy atom. The summed E-state index contributed by atoms with van der Waals surface area (Å²) in [7, 11) is -3.43. The maximum Gasteiger partial charge on any atom is 0.244 e. The normalized spacial score (nSPS) is 11.8. The molecule has 112 valence electrons. The van der Waals surface area contributed by atoms with Crippen molar-refractivity contribution in [1.82, 2.24) is 9.29 Å². The van der Waals surface area contributed by atoms with Crippen molar-refractivity contribution in [2.45, 2.75) is 28.7 Å². The third kappa shape index (κ3) is 3.84. The Kier molecular flexibility index (Phi) is 5.39. The van der Waals surface area contributed by atoms with E-state index >= 15 is 0 Å². The molecule has 0 amide bonds. The molecule has 0 radical (unpaired) electrons. The van der Waals surface area contributed by atoms with Gasteiger partial charge in [-0.15, -0.1) is 0 Å². The summed E-state index contributed by atoms with van der Waals surface area (Å²) in [6, 6.07) is 13.2. The predicted molar refractivity (Wildman–Crippen MR) is 84.9 cm³/mol. The molecule has 0 spiro atoms. The van der Waals surface area contributed by atoms with Crippen LogP contribution in [-0.4, -0.2) is 30.8 Å². The van der Waals surface area contributed by atoms with E-state index in [1.54, 1.807) is 12.1 Å². The van der Waals surface area contributed by atoms with Crippen LogP contribution in [0.4, 0.5) is 0 Å². The van der Waals surface area contributed by atoms with E-state index in [1.165, 1.54) is 22.3 Å². The van der Waals surface area contributed by atoms with Crippen LogP contribution in [0.2, 0.25) is 0 Å². The summed E-state index contributed by atoms with van der Waals surface area (Å²) in [6.45, 7) is 4.57. The van der Waals surface area contributed by atoms with Gasteiger partial charge in [-0.2, -0.15) is 4.31 Å². The van der Waals surface area contributed by atoms with Gasteiger partial charge in [0.1, 0.15) is 9.92 Å². The average Bonchev–Trinajstić information content (AvgIpc) is 2.50. The van der Waals surface area contributed by atoms with E-state index in [-0.39, 0.29) is 4.90 Å². The summed E-state index contributed by atoms with van der Waals surface area (Å²) in [4.78, 5) is 5.56. The van der Waals surface area contributed by atoms with E-state index in [0.29, 0.717) is 13.1 Å².